The Morgan fingerprint density at radius 3 is 2.54 bits per heavy atom. The van der Waals surface area contributed by atoms with Gasteiger partial charge in [-0.1, -0.05) is 12.1 Å². The summed E-state index contributed by atoms with van der Waals surface area (Å²) >= 11 is 0. The van der Waals surface area contributed by atoms with Crippen LogP contribution in [0.15, 0.2) is 66.9 Å². The van der Waals surface area contributed by atoms with Gasteiger partial charge in [0.1, 0.15) is 23.9 Å². The van der Waals surface area contributed by atoms with Crippen LogP contribution in [0.4, 0.5) is 24.7 Å². The van der Waals surface area contributed by atoms with E-state index in [1.807, 2.05) is 13.0 Å². The van der Waals surface area contributed by atoms with Crippen molar-refractivity contribution in [3.63, 3.8) is 0 Å². The van der Waals surface area contributed by atoms with Crippen molar-refractivity contribution in [1.82, 2.24) is 14.8 Å². The van der Waals surface area contributed by atoms with E-state index >= 15 is 0 Å². The Morgan fingerprint density at radius 1 is 1.07 bits per heavy atom. The molecule has 46 heavy (non-hydrogen) atoms. The molecule has 7 rings (SSSR count). The summed E-state index contributed by atoms with van der Waals surface area (Å²) in [5.74, 6) is 0.827. The molecule has 9 nitrogen and oxygen atoms in total. The minimum atomic E-state index is -2.64. The third-order valence-electron chi connectivity index (χ3n) is 8.76. The molecule has 2 aliphatic rings. The number of nitrogens with one attached hydrogen (secondary N) is 2. The Morgan fingerprint density at radius 2 is 1.83 bits per heavy atom. The van der Waals surface area contributed by atoms with Gasteiger partial charge >= 0.3 is 0 Å². The Kier molecular flexibility index (Phi) is 7.42. The predicted octanol–water partition coefficient (Wildman–Crippen LogP) is 6.92. The fourth-order valence-corrected chi connectivity index (χ4v) is 6.55. The van der Waals surface area contributed by atoms with Gasteiger partial charge in [-0.15, -0.1) is 0 Å². The Balaban J connectivity index is 1.16. The summed E-state index contributed by atoms with van der Waals surface area (Å²) in [7, 11) is 0. The smallest absolute Gasteiger partial charge is 0.272 e. The van der Waals surface area contributed by atoms with Crippen molar-refractivity contribution in [2.75, 3.05) is 30.3 Å². The Labute approximate surface area is 262 Å². The van der Waals surface area contributed by atoms with Gasteiger partial charge in [0.15, 0.2) is 11.6 Å². The van der Waals surface area contributed by atoms with Gasteiger partial charge in [0.05, 0.1) is 28.8 Å². The first-order valence-electron chi connectivity index (χ1n) is 14.9. The van der Waals surface area contributed by atoms with Gasteiger partial charge in [-0.2, -0.15) is 5.10 Å². The van der Waals surface area contributed by atoms with Crippen LogP contribution in [0.5, 0.6) is 17.2 Å². The van der Waals surface area contributed by atoms with Crippen molar-refractivity contribution in [2.45, 2.75) is 26.2 Å². The number of carbonyl (C=O) groups is 1. The summed E-state index contributed by atoms with van der Waals surface area (Å²) < 4.78 is 53.0. The molecule has 1 saturated carbocycles. The summed E-state index contributed by atoms with van der Waals surface area (Å²) in [5.41, 5.74) is 10.3. The van der Waals surface area contributed by atoms with E-state index in [9.17, 15) is 18.0 Å². The zero-order valence-electron chi connectivity index (χ0n) is 24.9. The Hall–Kier alpha value is -5.26. The zero-order chi connectivity index (χ0) is 32.1. The molecule has 0 spiro atoms. The molecule has 2 unspecified atom stereocenters. The fourth-order valence-electron chi connectivity index (χ4n) is 6.55. The van der Waals surface area contributed by atoms with Crippen molar-refractivity contribution in [3.8, 4) is 22.9 Å². The highest BCUT2D eigenvalue weighted by atomic mass is 19.3. The van der Waals surface area contributed by atoms with E-state index in [4.69, 9.17) is 20.6 Å². The van der Waals surface area contributed by atoms with E-state index in [-0.39, 0.29) is 28.6 Å². The lowest BCUT2D eigenvalue weighted by atomic mass is 10.0. The first-order chi connectivity index (χ1) is 22.1. The first-order valence-corrected chi connectivity index (χ1v) is 14.9. The van der Waals surface area contributed by atoms with Gasteiger partial charge in [-0.25, -0.2) is 17.9 Å². The summed E-state index contributed by atoms with van der Waals surface area (Å²) in [5, 5.41) is 13.0. The quantitative estimate of drug-likeness (QED) is 0.152. The van der Waals surface area contributed by atoms with Crippen molar-refractivity contribution >= 4 is 33.9 Å². The second-order valence-corrected chi connectivity index (χ2v) is 11.9. The number of halogens is 3. The predicted molar refractivity (Wildman–Crippen MR) is 169 cm³/mol. The SMILES string of the molecule is Cc1cc(Oc2ccccc2F)ccc1-n1ncc(C(=O)c2cc3cc(OCC(F)F)c(N4CC5CC(=N)CC5C4)cc3[nH]2)c1N. The topological polar surface area (TPSA) is 122 Å². The number of nitrogens with two attached hydrogens (primary N) is 1. The molecule has 0 amide bonds. The molecule has 1 aliphatic carbocycles. The molecule has 2 aromatic heterocycles. The lowest BCUT2D eigenvalue weighted by Crippen LogP contribution is -2.22. The van der Waals surface area contributed by atoms with E-state index in [0.29, 0.717) is 58.7 Å². The number of alkyl halides is 2. The molecule has 236 valence electrons. The molecule has 4 N–H and O–H groups in total. The molecule has 1 aliphatic heterocycles. The van der Waals surface area contributed by atoms with Crippen LogP contribution in [0.25, 0.3) is 16.6 Å². The number of aromatic amines is 1. The lowest BCUT2D eigenvalue weighted by Gasteiger charge is -2.23. The number of nitrogens with zero attached hydrogens (tertiary/aromatic N) is 3. The van der Waals surface area contributed by atoms with Gasteiger partial charge in [-0.3, -0.25) is 4.79 Å². The Bertz CT molecular complexity index is 1970. The third-order valence-corrected chi connectivity index (χ3v) is 8.76. The number of benzene rings is 3. The van der Waals surface area contributed by atoms with Gasteiger partial charge in [0.2, 0.25) is 5.78 Å². The average Bonchev–Trinajstić information content (AvgIpc) is 3.79. The number of anilines is 2. The lowest BCUT2D eigenvalue weighted by molar-refractivity contribution is 0.0822. The number of hydrogen-bond donors (Lipinski definition) is 3. The van der Waals surface area contributed by atoms with Crippen LogP contribution in [0.3, 0.4) is 0 Å². The van der Waals surface area contributed by atoms with Crippen LogP contribution < -0.4 is 20.1 Å². The molecule has 3 aromatic carbocycles. The molecule has 12 heteroatoms. The summed E-state index contributed by atoms with van der Waals surface area (Å²) in [6, 6.07) is 16.4. The largest absolute Gasteiger partial charge is 0.485 e. The highest BCUT2D eigenvalue weighted by molar-refractivity contribution is 6.12. The molecule has 2 atom stereocenters. The van der Waals surface area contributed by atoms with Crippen LogP contribution in [-0.4, -0.2) is 52.4 Å². The number of H-pyrrole nitrogens is 1. The van der Waals surface area contributed by atoms with E-state index < -0.39 is 18.8 Å². The molecule has 3 heterocycles. The standard InChI is InChI=1S/C34H31F3N6O3/c1-18-8-23(46-30-5-3-2-4-25(30)35)6-7-28(18)43-34(39)24(14-40-43)33(44)27-11-19-12-31(45-17-32(36)37)29(13-26(19)41-27)42-15-20-9-22(38)10-21(20)16-42/h2-8,11-14,20-21,32,38,41H,9-10,15-17,39H2,1H3. The van der Waals surface area contributed by atoms with Crippen LogP contribution in [0.2, 0.25) is 0 Å². The maximum Gasteiger partial charge on any atom is 0.272 e. The maximum absolute atomic E-state index is 14.1. The number of nitrogen functional groups attached to an aromatic ring is 1. The van der Waals surface area contributed by atoms with Crippen LogP contribution in [0, 0.1) is 30.0 Å². The average molecular weight is 629 g/mol. The number of aromatic nitrogens is 3. The minimum Gasteiger partial charge on any atom is -0.485 e. The number of fused-ring (bicyclic) bond motifs is 2. The number of carbonyl (C=O) groups excluding carboxylic acids is 1. The van der Waals surface area contributed by atoms with Gasteiger partial charge in [0.25, 0.3) is 6.43 Å². The van der Waals surface area contributed by atoms with E-state index in [0.717, 1.165) is 24.1 Å². The highest BCUT2D eigenvalue weighted by Crippen LogP contribution is 2.42. The molecule has 2 fully saturated rings. The number of aryl methyl sites for hydroxylation is 1. The number of para-hydroxylation sites is 1. The molecular formula is C34H31F3N6O3. The zero-order valence-corrected chi connectivity index (χ0v) is 24.9. The fraction of sp³-hybridized carbons (Fsp3) is 0.265. The highest BCUT2D eigenvalue weighted by Gasteiger charge is 2.39. The van der Waals surface area contributed by atoms with Crippen molar-refractivity contribution in [1.29, 1.82) is 5.41 Å². The van der Waals surface area contributed by atoms with Crippen LogP contribution in [-0.2, 0) is 0 Å². The van der Waals surface area contributed by atoms with Gasteiger partial charge in [-0.05, 0) is 85.7 Å². The van der Waals surface area contributed by atoms with E-state index in [2.05, 4.69) is 15.0 Å². The third kappa shape index (κ3) is 5.44. The second kappa shape index (κ2) is 11.6. The van der Waals surface area contributed by atoms with Crippen molar-refractivity contribution in [2.24, 2.45) is 11.8 Å². The molecule has 5 aromatic rings. The van der Waals surface area contributed by atoms with Crippen molar-refractivity contribution in [3.05, 3.63) is 89.5 Å². The van der Waals surface area contributed by atoms with Gasteiger partial charge in [0, 0.05) is 29.7 Å². The molecule has 1 saturated heterocycles. The summed E-state index contributed by atoms with van der Waals surface area (Å²) in [6.45, 7) is 2.50. The van der Waals surface area contributed by atoms with Crippen molar-refractivity contribution < 1.29 is 27.4 Å². The second-order valence-electron chi connectivity index (χ2n) is 11.9. The minimum absolute atomic E-state index is 0.101. The number of hydrogen-bond acceptors (Lipinski definition) is 7. The number of ketones is 1. The summed E-state index contributed by atoms with van der Waals surface area (Å²) in [4.78, 5) is 19.0. The monoisotopic (exact) mass is 628 g/mol. The molecule has 0 bridgehead atoms. The summed E-state index contributed by atoms with van der Waals surface area (Å²) in [6.07, 6.45) is 0.259. The van der Waals surface area contributed by atoms with Gasteiger partial charge < -0.3 is 30.5 Å². The van der Waals surface area contributed by atoms with Crippen LogP contribution in [0.1, 0.15) is 34.5 Å². The van der Waals surface area contributed by atoms with Crippen LogP contribution >= 0.6 is 0 Å². The number of ether oxygens (including phenoxy) is 2. The van der Waals surface area contributed by atoms with E-state index in [1.54, 1.807) is 42.5 Å². The first kappa shape index (κ1) is 29.5. The normalized spacial score (nSPS) is 17.7. The molecule has 0 radical (unpaired) electrons. The molecular weight excluding hydrogens is 597 g/mol. The van der Waals surface area contributed by atoms with E-state index in [1.165, 1.54) is 23.0 Å². The maximum atomic E-state index is 14.1. The number of rotatable bonds is 9.